The van der Waals surface area contributed by atoms with Gasteiger partial charge in [-0.1, -0.05) is 41.6 Å². The molecule has 9 heteroatoms. The molecule has 0 unspecified atom stereocenters. The lowest BCUT2D eigenvalue weighted by Gasteiger charge is -2.24. The van der Waals surface area contributed by atoms with Crippen molar-refractivity contribution in [3.8, 4) is 11.5 Å². The van der Waals surface area contributed by atoms with Crippen molar-refractivity contribution in [1.82, 2.24) is 19.6 Å². The summed E-state index contributed by atoms with van der Waals surface area (Å²) in [6.07, 6.45) is 2.76. The summed E-state index contributed by atoms with van der Waals surface area (Å²) in [5.41, 5.74) is 3.44. The second-order valence-corrected chi connectivity index (χ2v) is 9.17. The number of benzene rings is 2. The van der Waals surface area contributed by atoms with Crippen LogP contribution < -0.4 is 9.47 Å². The summed E-state index contributed by atoms with van der Waals surface area (Å²) >= 11 is 7.47. The van der Waals surface area contributed by atoms with E-state index in [9.17, 15) is 4.79 Å². The topological polar surface area (TPSA) is 78.6 Å². The van der Waals surface area contributed by atoms with Crippen LogP contribution in [0.25, 0.3) is 5.78 Å². The van der Waals surface area contributed by atoms with Crippen LogP contribution in [0.2, 0.25) is 5.02 Å². The molecule has 0 spiro atoms. The maximum Gasteiger partial charge on any atom is 0.253 e. The Morgan fingerprint density at radius 3 is 2.67 bits per heavy atom. The zero-order valence-corrected chi connectivity index (χ0v) is 19.7. The average molecular weight is 481 g/mol. The highest BCUT2D eigenvalue weighted by Gasteiger charge is 2.30. The summed E-state index contributed by atoms with van der Waals surface area (Å²) in [5.74, 6) is 2.64. The minimum absolute atomic E-state index is 0.0255. The maximum atomic E-state index is 13.0. The summed E-state index contributed by atoms with van der Waals surface area (Å²) in [6, 6.07) is 13.4. The van der Waals surface area contributed by atoms with Gasteiger partial charge in [0.1, 0.15) is 11.5 Å². The molecular weight excluding hydrogens is 460 g/mol. The second-order valence-electron chi connectivity index (χ2n) is 7.79. The fourth-order valence-electron chi connectivity index (χ4n) is 4.03. The molecule has 0 fully saturated rings. The number of Topliss-reactive ketones (excluding diaryl/α,β-unsaturated/α-hetero) is 1. The number of methoxy groups -OCH3 is 2. The molecule has 0 amide bonds. The van der Waals surface area contributed by atoms with E-state index in [1.165, 1.54) is 11.8 Å². The van der Waals surface area contributed by atoms with Crippen LogP contribution in [-0.4, -0.2) is 39.6 Å². The standard InChI is InChI=1S/C24H21ClN4O3S/c1-31-17-7-8-18(22(11-17)32-2)15-9-20-19(21(30)10-15)12-29-23(26-20)27-24(28-29)33-13-14-3-5-16(25)6-4-14/h3-8,11-12,15H,9-10,13H2,1-2H3/t15-/m1/s1. The SMILES string of the molecule is COc1ccc([C@H]2CC(=O)c3cn4nc(SCc5ccc(Cl)cc5)nc4nc3C2)c(OC)c1. The molecule has 0 saturated carbocycles. The summed E-state index contributed by atoms with van der Waals surface area (Å²) < 4.78 is 12.4. The Hall–Kier alpha value is -3.10. The van der Waals surface area contributed by atoms with Crippen LogP contribution in [0.4, 0.5) is 0 Å². The lowest BCUT2D eigenvalue weighted by molar-refractivity contribution is 0.0962. The first kappa shape index (κ1) is 21.7. The van der Waals surface area contributed by atoms with Gasteiger partial charge in [0, 0.05) is 35.4 Å². The van der Waals surface area contributed by atoms with Gasteiger partial charge in [-0.2, -0.15) is 4.98 Å². The lowest BCUT2D eigenvalue weighted by Crippen LogP contribution is -2.21. The van der Waals surface area contributed by atoms with Gasteiger partial charge in [-0.3, -0.25) is 4.79 Å². The van der Waals surface area contributed by atoms with Crippen LogP contribution in [0.1, 0.15) is 39.5 Å². The maximum absolute atomic E-state index is 13.0. The smallest absolute Gasteiger partial charge is 0.253 e. The molecule has 1 atom stereocenters. The van der Waals surface area contributed by atoms with Crippen molar-refractivity contribution in [1.29, 1.82) is 0 Å². The quantitative estimate of drug-likeness (QED) is 0.359. The van der Waals surface area contributed by atoms with Crippen molar-refractivity contribution >= 4 is 34.9 Å². The van der Waals surface area contributed by atoms with Crippen LogP contribution in [-0.2, 0) is 12.2 Å². The summed E-state index contributed by atoms with van der Waals surface area (Å²) in [4.78, 5) is 22.2. The third-order valence-corrected chi connectivity index (χ3v) is 6.89. The van der Waals surface area contributed by atoms with Gasteiger partial charge in [0.15, 0.2) is 5.78 Å². The normalized spacial score (nSPS) is 15.5. The monoisotopic (exact) mass is 480 g/mol. The third kappa shape index (κ3) is 4.41. The number of ether oxygens (including phenoxy) is 2. The van der Waals surface area contributed by atoms with Gasteiger partial charge in [0.25, 0.3) is 5.78 Å². The van der Waals surface area contributed by atoms with E-state index in [1.54, 1.807) is 24.9 Å². The summed E-state index contributed by atoms with van der Waals surface area (Å²) in [6.45, 7) is 0. The second kappa shape index (κ2) is 9.03. The van der Waals surface area contributed by atoms with Crippen molar-refractivity contribution < 1.29 is 14.3 Å². The van der Waals surface area contributed by atoms with E-state index in [0.29, 0.717) is 51.6 Å². The number of rotatable bonds is 6. The molecule has 0 bridgehead atoms. The highest BCUT2D eigenvalue weighted by Crippen LogP contribution is 2.38. The number of halogens is 1. The van der Waals surface area contributed by atoms with Crippen LogP contribution in [0.15, 0.2) is 53.8 Å². The van der Waals surface area contributed by atoms with Gasteiger partial charge in [0.05, 0.1) is 25.5 Å². The largest absolute Gasteiger partial charge is 0.497 e. The molecule has 2 aromatic heterocycles. The number of hydrogen-bond donors (Lipinski definition) is 0. The molecule has 0 N–H and O–H groups in total. The Balaban J connectivity index is 1.40. The molecule has 7 nitrogen and oxygen atoms in total. The molecule has 0 radical (unpaired) electrons. The number of thioether (sulfide) groups is 1. The van der Waals surface area contributed by atoms with Gasteiger partial charge in [-0.05, 0) is 35.7 Å². The molecule has 5 rings (SSSR count). The van der Waals surface area contributed by atoms with Gasteiger partial charge >= 0.3 is 0 Å². The molecular formula is C24H21ClN4O3S. The molecule has 33 heavy (non-hydrogen) atoms. The summed E-state index contributed by atoms with van der Waals surface area (Å²) in [7, 11) is 3.24. The van der Waals surface area contributed by atoms with Gasteiger partial charge in [-0.15, -0.1) is 5.10 Å². The van der Waals surface area contributed by atoms with E-state index < -0.39 is 0 Å². The predicted octanol–water partition coefficient (Wildman–Crippen LogP) is 5.00. The lowest BCUT2D eigenvalue weighted by atomic mass is 9.82. The summed E-state index contributed by atoms with van der Waals surface area (Å²) in [5, 5.41) is 5.83. The number of hydrogen-bond acceptors (Lipinski definition) is 7. The van der Waals surface area contributed by atoms with Crippen LogP contribution in [0, 0.1) is 0 Å². The van der Waals surface area contributed by atoms with E-state index in [-0.39, 0.29) is 11.7 Å². The average Bonchev–Trinajstić information content (AvgIpc) is 3.23. The van der Waals surface area contributed by atoms with E-state index >= 15 is 0 Å². The molecule has 1 aliphatic carbocycles. The van der Waals surface area contributed by atoms with E-state index in [0.717, 1.165) is 16.8 Å². The van der Waals surface area contributed by atoms with Crippen molar-refractivity contribution in [2.24, 2.45) is 0 Å². The molecule has 1 aliphatic rings. The number of carbonyl (C=O) groups excluding carboxylic acids is 1. The van der Waals surface area contributed by atoms with Crippen molar-refractivity contribution in [3.05, 3.63) is 76.1 Å². The Bertz CT molecular complexity index is 1340. The Labute approximate surface area is 200 Å². The van der Waals surface area contributed by atoms with Crippen molar-refractivity contribution in [3.63, 3.8) is 0 Å². The van der Waals surface area contributed by atoms with Crippen LogP contribution in [0.5, 0.6) is 11.5 Å². The first-order chi connectivity index (χ1) is 16.0. The van der Waals surface area contributed by atoms with Crippen molar-refractivity contribution in [2.45, 2.75) is 29.7 Å². The molecule has 168 valence electrons. The molecule has 2 heterocycles. The zero-order valence-electron chi connectivity index (χ0n) is 18.1. The third-order valence-electron chi connectivity index (χ3n) is 5.72. The minimum Gasteiger partial charge on any atom is -0.497 e. The van der Waals surface area contributed by atoms with Gasteiger partial charge in [0.2, 0.25) is 5.16 Å². The zero-order chi connectivity index (χ0) is 22.9. The molecule has 0 saturated heterocycles. The van der Waals surface area contributed by atoms with Gasteiger partial charge in [-0.25, -0.2) is 9.50 Å². The van der Waals surface area contributed by atoms with E-state index in [4.69, 9.17) is 26.1 Å². The molecule has 0 aliphatic heterocycles. The number of fused-ring (bicyclic) bond motifs is 2. The Morgan fingerprint density at radius 1 is 1.09 bits per heavy atom. The molecule has 2 aromatic carbocycles. The highest BCUT2D eigenvalue weighted by molar-refractivity contribution is 7.98. The number of ketones is 1. The molecule has 4 aromatic rings. The number of aromatic nitrogens is 4. The highest BCUT2D eigenvalue weighted by atomic mass is 35.5. The first-order valence-electron chi connectivity index (χ1n) is 10.4. The first-order valence-corrected chi connectivity index (χ1v) is 11.8. The number of nitrogens with zero attached hydrogens (tertiary/aromatic N) is 4. The minimum atomic E-state index is -0.0255. The van der Waals surface area contributed by atoms with Crippen LogP contribution in [0.3, 0.4) is 0 Å². The van der Waals surface area contributed by atoms with Crippen molar-refractivity contribution in [2.75, 3.05) is 14.2 Å². The fourth-order valence-corrected chi connectivity index (χ4v) is 4.94. The number of carbonyl (C=O) groups is 1. The fraction of sp³-hybridized carbons (Fsp3) is 0.250. The Morgan fingerprint density at radius 2 is 1.91 bits per heavy atom. The van der Waals surface area contributed by atoms with Crippen LogP contribution >= 0.6 is 23.4 Å². The predicted molar refractivity (Wildman–Crippen MR) is 127 cm³/mol. The van der Waals surface area contributed by atoms with E-state index in [2.05, 4.69) is 10.1 Å². The van der Waals surface area contributed by atoms with Gasteiger partial charge < -0.3 is 9.47 Å². The Kier molecular flexibility index (Phi) is 5.95. The van der Waals surface area contributed by atoms with E-state index in [1.807, 2.05) is 42.5 Å².